The van der Waals surface area contributed by atoms with Crippen LogP contribution in [0.5, 0.6) is 17.2 Å². The smallest absolute Gasteiger partial charge is 0.297 e. The number of methoxy groups -OCH3 is 2. The van der Waals surface area contributed by atoms with Gasteiger partial charge in [-0.05, 0) is 36.2 Å². The van der Waals surface area contributed by atoms with E-state index in [1.165, 1.54) is 0 Å². The number of ether oxygens (including phenoxy) is 4. The van der Waals surface area contributed by atoms with Crippen molar-refractivity contribution in [2.45, 2.75) is 11.3 Å². The second-order valence-electron chi connectivity index (χ2n) is 11.2. The second kappa shape index (κ2) is 14.1. The first-order valence-corrected chi connectivity index (χ1v) is 16.8. The summed E-state index contributed by atoms with van der Waals surface area (Å²) in [5.41, 5.74) is 2.29. The summed E-state index contributed by atoms with van der Waals surface area (Å²) in [6, 6.07) is 16.1. The zero-order chi connectivity index (χ0) is 32.1. The fraction of sp³-hybridized carbons (Fsp3) is 0.394. The Hall–Kier alpha value is -4.17. The molecule has 6 rings (SSSR count). The van der Waals surface area contributed by atoms with E-state index in [4.69, 9.17) is 18.9 Å². The number of nitrogens with zero attached hydrogens (tertiary/aromatic N) is 5. The van der Waals surface area contributed by atoms with E-state index in [1.807, 2.05) is 23.1 Å². The number of benzene rings is 3. The van der Waals surface area contributed by atoms with Crippen molar-refractivity contribution in [3.8, 4) is 28.4 Å². The number of fused-ring (bicyclic) bond motifs is 1. The number of morpholine rings is 1. The van der Waals surface area contributed by atoms with Crippen LogP contribution in [-0.2, 0) is 14.9 Å². The highest BCUT2D eigenvalue weighted by Crippen LogP contribution is 2.38. The minimum atomic E-state index is -4.54. The zero-order valence-electron chi connectivity index (χ0n) is 26.1. The molecule has 2 fully saturated rings. The molecular weight excluding hydrogens is 610 g/mol. The molecule has 0 bridgehead atoms. The topological polar surface area (TPSA) is 127 Å². The number of hydrogen-bond acceptors (Lipinski definition) is 11. The van der Waals surface area contributed by atoms with Crippen molar-refractivity contribution in [2.75, 3.05) is 89.7 Å². The molecule has 3 aromatic carbocycles. The van der Waals surface area contributed by atoms with Gasteiger partial charge in [-0.1, -0.05) is 24.3 Å². The molecule has 2 aliphatic heterocycles. The van der Waals surface area contributed by atoms with Gasteiger partial charge in [-0.3, -0.25) is 9.45 Å². The first-order chi connectivity index (χ1) is 22.4. The zero-order valence-corrected chi connectivity index (χ0v) is 26.9. The molecule has 0 amide bonds. The van der Waals surface area contributed by atoms with Gasteiger partial charge in [0.1, 0.15) is 22.8 Å². The highest BCUT2D eigenvalue weighted by atomic mass is 32.2. The Morgan fingerprint density at radius 2 is 1.61 bits per heavy atom. The van der Waals surface area contributed by atoms with E-state index >= 15 is 0 Å². The van der Waals surface area contributed by atoms with Gasteiger partial charge in [-0.15, -0.1) is 0 Å². The van der Waals surface area contributed by atoms with E-state index in [2.05, 4.69) is 19.8 Å². The Balaban J connectivity index is 1.20. The van der Waals surface area contributed by atoms with E-state index in [-0.39, 0.29) is 4.90 Å². The standard InChI is InChI=1S/C33H39N5O7S/c1-42-25-9-7-24(8-10-25)26-5-3-6-29(32(26)46(39,40)41)37-12-14-38(15-13-37)33-27-21-31(30(43-2)22-28(27)34-23-35-33)45-18-4-11-36-16-19-44-20-17-36/h3,5-10,21-23H,4,11-20H2,1-2H3,(H,39,40,41). The largest absolute Gasteiger partial charge is 0.497 e. The van der Waals surface area contributed by atoms with Crippen molar-refractivity contribution in [2.24, 2.45) is 0 Å². The average Bonchev–Trinajstić information content (AvgIpc) is 3.09. The summed E-state index contributed by atoms with van der Waals surface area (Å²) in [5.74, 6) is 2.68. The Morgan fingerprint density at radius 3 is 2.30 bits per heavy atom. The van der Waals surface area contributed by atoms with Crippen molar-refractivity contribution >= 4 is 32.5 Å². The summed E-state index contributed by atoms with van der Waals surface area (Å²) in [5, 5.41) is 0.847. The van der Waals surface area contributed by atoms with Gasteiger partial charge in [0.2, 0.25) is 0 Å². The molecule has 4 aromatic rings. The van der Waals surface area contributed by atoms with Gasteiger partial charge in [-0.2, -0.15) is 8.42 Å². The molecule has 0 radical (unpaired) electrons. The third-order valence-electron chi connectivity index (χ3n) is 8.45. The lowest BCUT2D eigenvalue weighted by Crippen LogP contribution is -2.47. The summed E-state index contributed by atoms with van der Waals surface area (Å²) in [6.45, 7) is 7.10. The van der Waals surface area contributed by atoms with Gasteiger partial charge >= 0.3 is 0 Å². The average molecular weight is 650 g/mol. The number of aromatic nitrogens is 2. The van der Waals surface area contributed by atoms with Crippen molar-refractivity contribution in [3.63, 3.8) is 0 Å². The van der Waals surface area contributed by atoms with Crippen LogP contribution in [-0.4, -0.2) is 108 Å². The van der Waals surface area contributed by atoms with E-state index in [1.54, 1.807) is 56.9 Å². The Bertz CT molecular complexity index is 1760. The lowest BCUT2D eigenvalue weighted by Gasteiger charge is -2.37. The summed E-state index contributed by atoms with van der Waals surface area (Å²) in [4.78, 5) is 15.6. The molecular formula is C33H39N5O7S. The summed E-state index contributed by atoms with van der Waals surface area (Å²) < 4.78 is 58.4. The van der Waals surface area contributed by atoms with E-state index < -0.39 is 10.1 Å². The maximum Gasteiger partial charge on any atom is 0.297 e. The normalized spacial score (nSPS) is 16.1. The van der Waals surface area contributed by atoms with Crippen molar-refractivity contribution < 1.29 is 31.9 Å². The van der Waals surface area contributed by atoms with E-state index in [9.17, 15) is 13.0 Å². The van der Waals surface area contributed by atoms with Gasteiger partial charge in [0.25, 0.3) is 10.1 Å². The molecule has 0 atom stereocenters. The molecule has 244 valence electrons. The highest BCUT2D eigenvalue weighted by Gasteiger charge is 2.28. The lowest BCUT2D eigenvalue weighted by molar-refractivity contribution is 0.0357. The quantitative estimate of drug-likeness (QED) is 0.187. The molecule has 0 saturated carbocycles. The van der Waals surface area contributed by atoms with E-state index in [0.717, 1.165) is 56.0 Å². The monoisotopic (exact) mass is 649 g/mol. The molecule has 1 N–H and O–H groups in total. The number of piperazine rings is 1. The van der Waals surface area contributed by atoms with Crippen LogP contribution in [0.3, 0.4) is 0 Å². The van der Waals surface area contributed by atoms with Gasteiger partial charge < -0.3 is 28.7 Å². The van der Waals surface area contributed by atoms with Crippen LogP contribution in [0, 0.1) is 0 Å². The maximum atomic E-state index is 12.8. The van der Waals surface area contributed by atoms with Crippen LogP contribution >= 0.6 is 0 Å². The SMILES string of the molecule is COc1ccc(-c2cccc(N3CCN(c4ncnc5cc(OC)c(OCCCN6CCOCC6)cc45)CC3)c2S(=O)(=O)O)cc1. The highest BCUT2D eigenvalue weighted by molar-refractivity contribution is 7.86. The van der Waals surface area contributed by atoms with Crippen molar-refractivity contribution in [3.05, 3.63) is 60.9 Å². The van der Waals surface area contributed by atoms with Crippen LogP contribution in [0.1, 0.15) is 6.42 Å². The van der Waals surface area contributed by atoms with Crippen LogP contribution in [0.2, 0.25) is 0 Å². The number of rotatable bonds is 11. The third kappa shape index (κ3) is 6.97. The number of hydrogen-bond donors (Lipinski definition) is 1. The van der Waals surface area contributed by atoms with Gasteiger partial charge in [0.15, 0.2) is 11.5 Å². The first kappa shape index (κ1) is 31.8. The maximum absolute atomic E-state index is 12.8. The molecule has 0 spiro atoms. The lowest BCUT2D eigenvalue weighted by atomic mass is 10.0. The predicted molar refractivity (Wildman–Crippen MR) is 176 cm³/mol. The third-order valence-corrected chi connectivity index (χ3v) is 9.40. The fourth-order valence-corrected chi connectivity index (χ4v) is 7.00. The van der Waals surface area contributed by atoms with Crippen LogP contribution in [0.25, 0.3) is 22.0 Å². The molecule has 2 aliphatic rings. The molecule has 0 unspecified atom stereocenters. The van der Waals surface area contributed by atoms with Gasteiger partial charge in [0.05, 0.1) is 45.2 Å². The Morgan fingerprint density at radius 1 is 0.870 bits per heavy atom. The minimum Gasteiger partial charge on any atom is -0.497 e. The fourth-order valence-electron chi connectivity index (χ4n) is 6.07. The Labute approximate surface area is 269 Å². The molecule has 12 nitrogen and oxygen atoms in total. The molecule has 13 heteroatoms. The Kier molecular flexibility index (Phi) is 9.73. The molecule has 3 heterocycles. The molecule has 1 aromatic heterocycles. The van der Waals surface area contributed by atoms with Crippen LogP contribution in [0.4, 0.5) is 11.5 Å². The molecule has 0 aliphatic carbocycles. The van der Waals surface area contributed by atoms with Gasteiger partial charge in [-0.25, -0.2) is 9.97 Å². The van der Waals surface area contributed by atoms with E-state index in [0.29, 0.717) is 66.8 Å². The second-order valence-corrected chi connectivity index (χ2v) is 12.6. The van der Waals surface area contributed by atoms with Crippen LogP contribution < -0.4 is 24.0 Å². The predicted octanol–water partition coefficient (Wildman–Crippen LogP) is 3.99. The summed E-state index contributed by atoms with van der Waals surface area (Å²) in [7, 11) is -1.35. The first-order valence-electron chi connectivity index (χ1n) is 15.4. The molecule has 46 heavy (non-hydrogen) atoms. The number of anilines is 2. The summed E-state index contributed by atoms with van der Waals surface area (Å²) in [6.07, 6.45) is 2.42. The summed E-state index contributed by atoms with van der Waals surface area (Å²) >= 11 is 0. The van der Waals surface area contributed by atoms with Crippen molar-refractivity contribution in [1.82, 2.24) is 14.9 Å². The van der Waals surface area contributed by atoms with Crippen molar-refractivity contribution in [1.29, 1.82) is 0 Å². The van der Waals surface area contributed by atoms with Gasteiger partial charge in [0, 0.05) is 62.8 Å². The minimum absolute atomic E-state index is 0.108. The molecule has 2 saturated heterocycles. The van der Waals surface area contributed by atoms with Crippen LogP contribution in [0.15, 0.2) is 65.8 Å².